The van der Waals surface area contributed by atoms with E-state index >= 15 is 0 Å². The predicted octanol–water partition coefficient (Wildman–Crippen LogP) is 0.867. The van der Waals surface area contributed by atoms with Gasteiger partial charge in [-0.25, -0.2) is 4.39 Å². The SMILES string of the molecule is CN1CCN(C2c3cc(F)ccc3OCC2O)CC1. The zero-order valence-corrected chi connectivity index (χ0v) is 11.1. The maximum Gasteiger partial charge on any atom is 0.124 e. The summed E-state index contributed by atoms with van der Waals surface area (Å²) in [6.45, 7) is 3.97. The maximum atomic E-state index is 13.5. The highest BCUT2D eigenvalue weighted by atomic mass is 19.1. The monoisotopic (exact) mass is 266 g/mol. The summed E-state index contributed by atoms with van der Waals surface area (Å²) < 4.78 is 18.9. The fraction of sp³-hybridized carbons (Fsp3) is 0.571. The molecule has 2 atom stereocenters. The lowest BCUT2D eigenvalue weighted by Gasteiger charge is -2.42. The van der Waals surface area contributed by atoms with Crippen molar-refractivity contribution in [3.63, 3.8) is 0 Å². The molecular weight excluding hydrogens is 247 g/mol. The quantitative estimate of drug-likeness (QED) is 0.818. The van der Waals surface area contributed by atoms with Gasteiger partial charge in [-0.1, -0.05) is 0 Å². The van der Waals surface area contributed by atoms with Crippen molar-refractivity contribution in [2.24, 2.45) is 0 Å². The molecule has 2 unspecified atom stereocenters. The average Bonchev–Trinajstić information content (AvgIpc) is 2.40. The van der Waals surface area contributed by atoms with Gasteiger partial charge in [0.1, 0.15) is 24.3 Å². The number of piperazine rings is 1. The van der Waals surface area contributed by atoms with Crippen molar-refractivity contribution in [2.75, 3.05) is 39.8 Å². The van der Waals surface area contributed by atoms with Gasteiger partial charge in [-0.05, 0) is 25.2 Å². The van der Waals surface area contributed by atoms with Crippen LogP contribution in [0.25, 0.3) is 0 Å². The van der Waals surface area contributed by atoms with Gasteiger partial charge in [-0.2, -0.15) is 0 Å². The molecule has 3 rings (SSSR count). The van der Waals surface area contributed by atoms with Crippen LogP contribution in [0.2, 0.25) is 0 Å². The fourth-order valence-corrected chi connectivity index (χ4v) is 2.90. The number of ether oxygens (including phenoxy) is 1. The lowest BCUT2D eigenvalue weighted by molar-refractivity contribution is -0.0154. The second-order valence-electron chi connectivity index (χ2n) is 5.34. The van der Waals surface area contributed by atoms with Crippen LogP contribution in [0.5, 0.6) is 5.75 Å². The van der Waals surface area contributed by atoms with Crippen LogP contribution in [0.4, 0.5) is 4.39 Å². The number of aliphatic hydroxyl groups is 1. The Morgan fingerprint density at radius 3 is 2.74 bits per heavy atom. The van der Waals surface area contributed by atoms with Gasteiger partial charge in [0.15, 0.2) is 0 Å². The second-order valence-corrected chi connectivity index (χ2v) is 5.34. The van der Waals surface area contributed by atoms with Crippen molar-refractivity contribution in [1.82, 2.24) is 9.80 Å². The lowest BCUT2D eigenvalue weighted by Crippen LogP contribution is -2.50. The van der Waals surface area contributed by atoms with E-state index in [1.165, 1.54) is 12.1 Å². The van der Waals surface area contributed by atoms with Crippen LogP contribution >= 0.6 is 0 Å². The molecule has 0 saturated carbocycles. The molecule has 1 aromatic carbocycles. The maximum absolute atomic E-state index is 13.5. The van der Waals surface area contributed by atoms with Crippen molar-refractivity contribution in [2.45, 2.75) is 12.1 Å². The van der Waals surface area contributed by atoms with Crippen molar-refractivity contribution < 1.29 is 14.2 Å². The molecule has 0 bridgehead atoms. The summed E-state index contributed by atoms with van der Waals surface area (Å²) in [5.41, 5.74) is 0.767. The molecule has 2 heterocycles. The van der Waals surface area contributed by atoms with Crippen LogP contribution in [-0.4, -0.2) is 60.8 Å². The second kappa shape index (κ2) is 5.07. The van der Waals surface area contributed by atoms with Crippen LogP contribution in [-0.2, 0) is 0 Å². The molecule has 0 amide bonds. The molecule has 1 saturated heterocycles. The van der Waals surface area contributed by atoms with E-state index in [-0.39, 0.29) is 18.5 Å². The Labute approximate surface area is 112 Å². The molecule has 0 aromatic heterocycles. The molecule has 5 heteroatoms. The third-order valence-corrected chi connectivity index (χ3v) is 4.00. The summed E-state index contributed by atoms with van der Waals surface area (Å²) in [7, 11) is 2.09. The Balaban J connectivity index is 1.90. The number of hydrogen-bond donors (Lipinski definition) is 1. The third-order valence-electron chi connectivity index (χ3n) is 4.00. The Bertz CT molecular complexity index is 461. The smallest absolute Gasteiger partial charge is 0.124 e. The van der Waals surface area contributed by atoms with Crippen molar-refractivity contribution in [1.29, 1.82) is 0 Å². The first-order chi connectivity index (χ1) is 9.15. The Morgan fingerprint density at radius 2 is 2.00 bits per heavy atom. The highest BCUT2D eigenvalue weighted by Crippen LogP contribution is 2.36. The van der Waals surface area contributed by atoms with Crippen LogP contribution < -0.4 is 4.74 Å². The van der Waals surface area contributed by atoms with Gasteiger partial charge < -0.3 is 14.7 Å². The molecule has 104 valence electrons. The van der Waals surface area contributed by atoms with E-state index in [4.69, 9.17) is 4.74 Å². The molecule has 1 aromatic rings. The fourth-order valence-electron chi connectivity index (χ4n) is 2.90. The normalized spacial score (nSPS) is 28.8. The lowest BCUT2D eigenvalue weighted by atomic mass is 9.96. The minimum absolute atomic E-state index is 0.159. The van der Waals surface area contributed by atoms with Gasteiger partial charge in [0.05, 0.1) is 6.04 Å². The molecule has 0 spiro atoms. The molecule has 1 fully saturated rings. The van der Waals surface area contributed by atoms with Gasteiger partial charge in [0, 0.05) is 31.7 Å². The van der Waals surface area contributed by atoms with E-state index in [0.717, 1.165) is 31.7 Å². The minimum atomic E-state index is -0.599. The van der Waals surface area contributed by atoms with Crippen LogP contribution in [0.15, 0.2) is 18.2 Å². The first-order valence-corrected chi connectivity index (χ1v) is 6.68. The average molecular weight is 266 g/mol. The van der Waals surface area contributed by atoms with E-state index < -0.39 is 6.10 Å². The van der Waals surface area contributed by atoms with Crippen molar-refractivity contribution >= 4 is 0 Å². The van der Waals surface area contributed by atoms with Crippen LogP contribution in [0, 0.1) is 5.82 Å². The summed E-state index contributed by atoms with van der Waals surface area (Å²) in [5, 5.41) is 10.2. The summed E-state index contributed by atoms with van der Waals surface area (Å²) in [5.74, 6) is 0.409. The number of halogens is 1. The number of hydrogen-bond acceptors (Lipinski definition) is 4. The summed E-state index contributed by atoms with van der Waals surface area (Å²) >= 11 is 0. The van der Waals surface area contributed by atoms with Crippen molar-refractivity contribution in [3.05, 3.63) is 29.6 Å². The third kappa shape index (κ3) is 2.45. The van der Waals surface area contributed by atoms with Crippen molar-refractivity contribution in [3.8, 4) is 5.75 Å². The predicted molar refractivity (Wildman–Crippen MR) is 69.7 cm³/mol. The van der Waals surface area contributed by atoms with E-state index in [0.29, 0.717) is 5.75 Å². The topological polar surface area (TPSA) is 35.9 Å². The number of likely N-dealkylation sites (N-methyl/N-ethyl adjacent to an activating group) is 1. The number of benzene rings is 1. The number of fused-ring (bicyclic) bond motifs is 1. The molecule has 2 aliphatic rings. The highest BCUT2D eigenvalue weighted by molar-refractivity contribution is 5.39. The molecule has 19 heavy (non-hydrogen) atoms. The first kappa shape index (κ1) is 12.8. The van der Waals surface area contributed by atoms with E-state index in [2.05, 4.69) is 16.8 Å². The molecule has 1 N–H and O–H groups in total. The summed E-state index contributed by atoms with van der Waals surface area (Å²) in [6.07, 6.45) is -0.599. The standard InChI is InChI=1S/C14H19FN2O2/c1-16-4-6-17(7-5-16)14-11-8-10(15)2-3-13(11)19-9-12(14)18/h2-3,8,12,14,18H,4-7,9H2,1H3. The molecular formula is C14H19FN2O2. The number of aliphatic hydroxyl groups excluding tert-OH is 1. The zero-order valence-electron chi connectivity index (χ0n) is 11.1. The van der Waals surface area contributed by atoms with Gasteiger partial charge >= 0.3 is 0 Å². The van der Waals surface area contributed by atoms with Crippen LogP contribution in [0.1, 0.15) is 11.6 Å². The minimum Gasteiger partial charge on any atom is -0.490 e. The van der Waals surface area contributed by atoms with Gasteiger partial charge in [-0.3, -0.25) is 4.90 Å². The number of rotatable bonds is 1. The Hall–Kier alpha value is -1.17. The van der Waals surface area contributed by atoms with Gasteiger partial charge in [0.25, 0.3) is 0 Å². The molecule has 2 aliphatic heterocycles. The number of nitrogens with zero attached hydrogens (tertiary/aromatic N) is 2. The van der Waals surface area contributed by atoms with Gasteiger partial charge in [-0.15, -0.1) is 0 Å². The first-order valence-electron chi connectivity index (χ1n) is 6.68. The largest absolute Gasteiger partial charge is 0.490 e. The summed E-state index contributed by atoms with van der Waals surface area (Å²) in [6, 6.07) is 4.38. The Kier molecular flexibility index (Phi) is 3.43. The van der Waals surface area contributed by atoms with E-state index in [9.17, 15) is 9.50 Å². The van der Waals surface area contributed by atoms with Crippen LogP contribution in [0.3, 0.4) is 0 Å². The zero-order chi connectivity index (χ0) is 13.4. The molecule has 0 radical (unpaired) electrons. The van der Waals surface area contributed by atoms with Gasteiger partial charge in [0.2, 0.25) is 0 Å². The van der Waals surface area contributed by atoms with E-state index in [1.54, 1.807) is 6.07 Å². The molecule has 0 aliphatic carbocycles. The molecule has 4 nitrogen and oxygen atoms in total. The highest BCUT2D eigenvalue weighted by Gasteiger charge is 2.35. The van der Waals surface area contributed by atoms with E-state index in [1.807, 2.05) is 0 Å². The Morgan fingerprint density at radius 1 is 1.26 bits per heavy atom. The summed E-state index contributed by atoms with van der Waals surface area (Å²) in [4.78, 5) is 4.49.